The quantitative estimate of drug-likeness (QED) is 0.812. The number of nitrogens with zero attached hydrogens (tertiary/aromatic N) is 1. The van der Waals surface area contributed by atoms with Crippen LogP contribution < -0.4 is 5.32 Å². The van der Waals surface area contributed by atoms with E-state index < -0.39 is 22.0 Å². The van der Waals surface area contributed by atoms with Crippen molar-refractivity contribution in [2.45, 2.75) is 26.0 Å². The van der Waals surface area contributed by atoms with E-state index in [1.165, 1.54) is 0 Å². The third kappa shape index (κ3) is 3.93. The molecular formula is C14H20N2O3S2. The van der Waals surface area contributed by atoms with Crippen molar-refractivity contribution in [2.24, 2.45) is 0 Å². The predicted molar refractivity (Wildman–Crippen MR) is 88.2 cm³/mol. The second kappa shape index (κ2) is 6.29. The lowest BCUT2D eigenvalue weighted by Crippen LogP contribution is -2.48. The van der Waals surface area contributed by atoms with Crippen LogP contribution in [-0.4, -0.2) is 53.7 Å². The highest BCUT2D eigenvalue weighted by atomic mass is 32.2. The van der Waals surface area contributed by atoms with Crippen molar-refractivity contribution in [3.63, 3.8) is 0 Å². The molecule has 1 fully saturated rings. The first-order valence-corrected chi connectivity index (χ1v) is 9.08. The molecule has 21 heavy (non-hydrogen) atoms. The highest BCUT2D eigenvalue weighted by molar-refractivity contribution is 7.91. The van der Waals surface area contributed by atoms with Crippen LogP contribution in [0.2, 0.25) is 0 Å². The Kier molecular flexibility index (Phi) is 4.85. The third-order valence-corrected chi connectivity index (χ3v) is 5.63. The number of aliphatic hydroxyl groups is 1. The van der Waals surface area contributed by atoms with Crippen LogP contribution in [-0.2, 0) is 9.84 Å². The van der Waals surface area contributed by atoms with Crippen LogP contribution in [0.15, 0.2) is 24.3 Å². The van der Waals surface area contributed by atoms with Crippen molar-refractivity contribution >= 4 is 32.9 Å². The van der Waals surface area contributed by atoms with E-state index in [1.807, 2.05) is 38.1 Å². The van der Waals surface area contributed by atoms with Crippen molar-refractivity contribution in [3.05, 3.63) is 29.8 Å². The third-order valence-electron chi connectivity index (χ3n) is 3.60. The summed E-state index contributed by atoms with van der Waals surface area (Å²) in [6.07, 6.45) is -0.896. The van der Waals surface area contributed by atoms with Gasteiger partial charge in [-0.15, -0.1) is 0 Å². The maximum Gasteiger partial charge on any atom is 0.173 e. The van der Waals surface area contributed by atoms with Crippen LogP contribution in [0.1, 0.15) is 12.5 Å². The van der Waals surface area contributed by atoms with Gasteiger partial charge in [0.1, 0.15) is 0 Å². The number of hydrogen-bond acceptors (Lipinski definition) is 4. The topological polar surface area (TPSA) is 69.6 Å². The Balaban J connectivity index is 2.10. The van der Waals surface area contributed by atoms with Crippen LogP contribution >= 0.6 is 12.2 Å². The van der Waals surface area contributed by atoms with Gasteiger partial charge in [0.15, 0.2) is 14.9 Å². The molecule has 1 aromatic rings. The molecular weight excluding hydrogens is 308 g/mol. The lowest BCUT2D eigenvalue weighted by molar-refractivity contribution is 0.126. The molecule has 2 N–H and O–H groups in total. The van der Waals surface area contributed by atoms with E-state index in [-0.39, 0.29) is 11.5 Å². The summed E-state index contributed by atoms with van der Waals surface area (Å²) in [7, 11) is -3.19. The van der Waals surface area contributed by atoms with E-state index >= 15 is 0 Å². The first-order valence-electron chi connectivity index (χ1n) is 6.85. The zero-order valence-electron chi connectivity index (χ0n) is 12.1. The van der Waals surface area contributed by atoms with Crippen LogP contribution in [0.25, 0.3) is 0 Å². The smallest absolute Gasteiger partial charge is 0.173 e. The molecule has 0 aromatic heterocycles. The number of benzene rings is 1. The monoisotopic (exact) mass is 328 g/mol. The fraction of sp³-hybridized carbons (Fsp3) is 0.500. The van der Waals surface area contributed by atoms with E-state index in [1.54, 1.807) is 4.90 Å². The number of hydrogen-bond donors (Lipinski definition) is 2. The number of anilines is 1. The van der Waals surface area contributed by atoms with Gasteiger partial charge in [-0.1, -0.05) is 17.7 Å². The molecule has 0 unspecified atom stereocenters. The molecule has 0 spiro atoms. The lowest BCUT2D eigenvalue weighted by Gasteiger charge is -2.31. The number of thiocarbonyl (C=S) groups is 1. The number of sulfone groups is 1. The van der Waals surface area contributed by atoms with E-state index in [2.05, 4.69) is 5.32 Å². The van der Waals surface area contributed by atoms with Crippen molar-refractivity contribution < 1.29 is 13.5 Å². The van der Waals surface area contributed by atoms with Crippen LogP contribution in [0.3, 0.4) is 0 Å². The number of rotatable bonds is 3. The number of aryl methyl sites for hydroxylation is 1. The standard InChI is InChI=1S/C14H20N2O3S2/c1-3-16(12-8-21(18,19)9-13(12)17)14(20)15-11-6-4-10(2)5-7-11/h4-7,12-13,17H,3,8-9H2,1-2H3,(H,15,20)/t12-,13-/m0/s1. The molecule has 5 nitrogen and oxygen atoms in total. The molecule has 1 saturated heterocycles. The van der Waals surface area contributed by atoms with E-state index in [0.29, 0.717) is 11.7 Å². The molecule has 0 saturated carbocycles. The van der Waals surface area contributed by atoms with Gasteiger partial charge in [0.2, 0.25) is 0 Å². The van der Waals surface area contributed by atoms with E-state index in [4.69, 9.17) is 12.2 Å². The summed E-state index contributed by atoms with van der Waals surface area (Å²) >= 11 is 5.36. The molecule has 1 heterocycles. The maximum atomic E-state index is 11.6. The summed E-state index contributed by atoms with van der Waals surface area (Å²) in [5.74, 6) is -0.251. The first-order chi connectivity index (χ1) is 9.82. The molecule has 2 atom stereocenters. The van der Waals surface area contributed by atoms with Gasteiger partial charge in [0.05, 0.1) is 23.7 Å². The summed E-state index contributed by atoms with van der Waals surface area (Å²) in [5, 5.41) is 13.5. The largest absolute Gasteiger partial charge is 0.390 e. The Labute approximate surface area is 130 Å². The molecule has 116 valence electrons. The van der Waals surface area contributed by atoms with Crippen molar-refractivity contribution in [3.8, 4) is 0 Å². The first kappa shape index (κ1) is 16.2. The molecule has 0 radical (unpaired) electrons. The Morgan fingerprint density at radius 1 is 1.38 bits per heavy atom. The summed E-state index contributed by atoms with van der Waals surface area (Å²) in [5.41, 5.74) is 2.00. The highest BCUT2D eigenvalue weighted by Crippen LogP contribution is 2.20. The summed E-state index contributed by atoms with van der Waals surface area (Å²) < 4.78 is 23.3. The Morgan fingerprint density at radius 3 is 2.48 bits per heavy atom. The second-order valence-corrected chi connectivity index (χ2v) is 7.83. The predicted octanol–water partition coefficient (Wildman–Crippen LogP) is 1.17. The van der Waals surface area contributed by atoms with Crippen LogP contribution in [0, 0.1) is 6.92 Å². The van der Waals surface area contributed by atoms with Gasteiger partial charge in [-0.25, -0.2) is 8.42 Å². The lowest BCUT2D eigenvalue weighted by atomic mass is 10.2. The second-order valence-electron chi connectivity index (χ2n) is 5.29. The summed E-state index contributed by atoms with van der Waals surface area (Å²) in [6.45, 7) is 4.43. The van der Waals surface area contributed by atoms with Gasteiger partial charge < -0.3 is 15.3 Å². The molecule has 0 aliphatic carbocycles. The van der Waals surface area contributed by atoms with Gasteiger partial charge in [-0.3, -0.25) is 0 Å². The minimum atomic E-state index is -3.19. The fourth-order valence-electron chi connectivity index (χ4n) is 2.47. The average molecular weight is 328 g/mol. The van der Waals surface area contributed by atoms with Gasteiger partial charge in [0.25, 0.3) is 0 Å². The summed E-state index contributed by atoms with van der Waals surface area (Å²) in [6, 6.07) is 7.28. The average Bonchev–Trinajstić information content (AvgIpc) is 2.67. The Hall–Kier alpha value is -1.18. The molecule has 1 aliphatic rings. The Bertz CT molecular complexity index is 614. The SMILES string of the molecule is CCN(C(=S)Nc1ccc(C)cc1)[C@H]1CS(=O)(=O)C[C@@H]1O. The van der Waals surface area contributed by atoms with Crippen molar-refractivity contribution in [1.82, 2.24) is 4.90 Å². The number of aliphatic hydroxyl groups excluding tert-OH is 1. The molecule has 2 rings (SSSR count). The van der Waals surface area contributed by atoms with Gasteiger partial charge in [-0.05, 0) is 38.2 Å². The van der Waals surface area contributed by atoms with Crippen LogP contribution in [0.4, 0.5) is 5.69 Å². The minimum absolute atomic E-state index is 0.0578. The van der Waals surface area contributed by atoms with Crippen molar-refractivity contribution in [2.75, 3.05) is 23.4 Å². The normalized spacial score (nSPS) is 23.8. The van der Waals surface area contributed by atoms with Gasteiger partial charge >= 0.3 is 0 Å². The fourth-order valence-corrected chi connectivity index (χ4v) is 4.65. The van der Waals surface area contributed by atoms with Crippen LogP contribution in [0.5, 0.6) is 0 Å². The Morgan fingerprint density at radius 2 is 2.00 bits per heavy atom. The van der Waals surface area contributed by atoms with Gasteiger partial charge in [-0.2, -0.15) is 0 Å². The number of nitrogens with one attached hydrogen (secondary N) is 1. The molecule has 7 heteroatoms. The molecule has 0 amide bonds. The van der Waals surface area contributed by atoms with E-state index in [9.17, 15) is 13.5 Å². The zero-order valence-corrected chi connectivity index (χ0v) is 13.7. The van der Waals surface area contributed by atoms with Crippen molar-refractivity contribution in [1.29, 1.82) is 0 Å². The minimum Gasteiger partial charge on any atom is -0.390 e. The van der Waals surface area contributed by atoms with E-state index in [0.717, 1.165) is 11.3 Å². The summed E-state index contributed by atoms with van der Waals surface area (Å²) in [4.78, 5) is 1.74. The highest BCUT2D eigenvalue weighted by Gasteiger charge is 2.40. The maximum absolute atomic E-state index is 11.6. The molecule has 1 aromatic carbocycles. The zero-order chi connectivity index (χ0) is 15.6. The van der Waals surface area contributed by atoms with Gasteiger partial charge in [0, 0.05) is 12.2 Å². The number of likely N-dealkylation sites (N-methyl/N-ethyl adjacent to an activating group) is 1. The molecule has 0 bridgehead atoms. The molecule has 1 aliphatic heterocycles.